The number of amides is 1. The minimum absolute atomic E-state index is 0.0380. The molecule has 35 heavy (non-hydrogen) atoms. The Balaban J connectivity index is 1.57. The summed E-state index contributed by atoms with van der Waals surface area (Å²) in [6.45, 7) is 0.171. The molecule has 1 N–H and O–H groups in total. The summed E-state index contributed by atoms with van der Waals surface area (Å²) in [7, 11) is 1.58. The van der Waals surface area contributed by atoms with Gasteiger partial charge in [-0.05, 0) is 59.7 Å². The van der Waals surface area contributed by atoms with Crippen molar-refractivity contribution in [3.63, 3.8) is 0 Å². The van der Waals surface area contributed by atoms with Crippen molar-refractivity contribution < 1.29 is 23.8 Å². The number of carbonyl (C=O) groups excluding carboxylic acids is 2. The molecule has 0 saturated heterocycles. The molecule has 4 aromatic rings. The predicted octanol–water partition coefficient (Wildman–Crippen LogP) is 6.64. The second-order valence-corrected chi connectivity index (χ2v) is 9.47. The van der Waals surface area contributed by atoms with Crippen molar-refractivity contribution in [3.05, 3.63) is 111 Å². The zero-order chi connectivity index (χ0) is 24.7. The van der Waals surface area contributed by atoms with E-state index in [9.17, 15) is 14.7 Å². The number of ether oxygens (including phenoxy) is 1. The summed E-state index contributed by atoms with van der Waals surface area (Å²) in [5.41, 5.74) is 1.94. The van der Waals surface area contributed by atoms with Gasteiger partial charge in [0.25, 0.3) is 5.91 Å². The number of hydrogen-bond donors (Lipinski definition) is 1. The fraction of sp³-hybridized carbons (Fsp3) is 0.111. The van der Waals surface area contributed by atoms with Crippen molar-refractivity contribution >= 4 is 50.2 Å². The van der Waals surface area contributed by atoms with Gasteiger partial charge < -0.3 is 19.2 Å². The monoisotopic (exact) mass is 551 g/mol. The molecule has 1 aromatic heterocycles. The van der Waals surface area contributed by atoms with Crippen molar-refractivity contribution in [2.75, 3.05) is 7.11 Å². The maximum absolute atomic E-state index is 13.6. The summed E-state index contributed by atoms with van der Waals surface area (Å²) < 4.78 is 11.8. The lowest BCUT2D eigenvalue weighted by atomic mass is 9.95. The summed E-state index contributed by atoms with van der Waals surface area (Å²) in [5.74, 6) is -1.06. The van der Waals surface area contributed by atoms with Crippen molar-refractivity contribution in [3.8, 4) is 5.75 Å². The molecule has 6 nitrogen and oxygen atoms in total. The Bertz CT molecular complexity index is 1470. The van der Waals surface area contributed by atoms with E-state index in [-0.39, 0.29) is 17.9 Å². The quantitative estimate of drug-likeness (QED) is 0.271. The van der Waals surface area contributed by atoms with E-state index in [0.717, 1.165) is 15.4 Å². The zero-order valence-corrected chi connectivity index (χ0v) is 20.8. The first kappa shape index (κ1) is 23.2. The molecule has 0 saturated carbocycles. The van der Waals surface area contributed by atoms with Crippen LogP contribution >= 0.6 is 27.5 Å². The van der Waals surface area contributed by atoms with Gasteiger partial charge in [0.1, 0.15) is 11.3 Å². The maximum Gasteiger partial charge on any atom is 0.290 e. The number of methoxy groups -OCH3 is 1. The van der Waals surface area contributed by atoms with E-state index < -0.39 is 23.5 Å². The van der Waals surface area contributed by atoms with E-state index in [1.807, 2.05) is 24.3 Å². The molecule has 1 atom stereocenters. The number of rotatable bonds is 6. The second-order valence-electron chi connectivity index (χ2n) is 8.12. The van der Waals surface area contributed by atoms with Crippen LogP contribution in [0.1, 0.15) is 27.7 Å². The molecule has 8 heteroatoms. The third kappa shape index (κ3) is 4.33. The molecule has 0 fully saturated rings. The van der Waals surface area contributed by atoms with E-state index in [2.05, 4.69) is 15.9 Å². The largest absolute Gasteiger partial charge is 0.503 e. The van der Waals surface area contributed by atoms with Gasteiger partial charge in [-0.1, -0.05) is 51.8 Å². The molecule has 1 aliphatic heterocycles. The number of aliphatic hydroxyl groups is 1. The molecule has 2 heterocycles. The highest BCUT2D eigenvalue weighted by Crippen LogP contribution is 2.41. The summed E-state index contributed by atoms with van der Waals surface area (Å²) in [5, 5.41) is 12.1. The highest BCUT2D eigenvalue weighted by Gasteiger charge is 2.44. The molecule has 0 spiro atoms. The van der Waals surface area contributed by atoms with Crippen molar-refractivity contribution in [2.45, 2.75) is 12.6 Å². The number of ketones is 1. The first-order valence-electron chi connectivity index (χ1n) is 10.7. The van der Waals surface area contributed by atoms with Gasteiger partial charge in [-0.2, -0.15) is 0 Å². The van der Waals surface area contributed by atoms with Crippen LogP contribution in [0.3, 0.4) is 0 Å². The smallest absolute Gasteiger partial charge is 0.290 e. The number of furan rings is 1. The second kappa shape index (κ2) is 9.24. The molecule has 1 aliphatic rings. The number of benzene rings is 3. The van der Waals surface area contributed by atoms with Crippen molar-refractivity contribution in [2.24, 2.45) is 0 Å². The van der Waals surface area contributed by atoms with E-state index in [1.54, 1.807) is 55.6 Å². The van der Waals surface area contributed by atoms with E-state index in [0.29, 0.717) is 21.9 Å². The topological polar surface area (TPSA) is 80.0 Å². The molecule has 0 aliphatic carbocycles. The van der Waals surface area contributed by atoms with Crippen molar-refractivity contribution in [1.82, 2.24) is 4.90 Å². The Hall–Kier alpha value is -3.55. The number of hydrogen-bond acceptors (Lipinski definition) is 5. The Morgan fingerprint density at radius 3 is 2.49 bits per heavy atom. The Morgan fingerprint density at radius 1 is 1.09 bits per heavy atom. The number of fused-ring (bicyclic) bond motifs is 1. The Labute approximate surface area is 214 Å². The Kier molecular flexibility index (Phi) is 6.13. The van der Waals surface area contributed by atoms with Gasteiger partial charge in [0, 0.05) is 21.4 Å². The molecular formula is C27H19BrClNO5. The van der Waals surface area contributed by atoms with E-state index >= 15 is 0 Å². The normalized spacial score (nSPS) is 15.8. The maximum atomic E-state index is 13.6. The van der Waals surface area contributed by atoms with Gasteiger partial charge in [-0.15, -0.1) is 0 Å². The molecular weight excluding hydrogens is 534 g/mol. The van der Waals surface area contributed by atoms with Gasteiger partial charge >= 0.3 is 0 Å². The minimum Gasteiger partial charge on any atom is -0.503 e. The van der Waals surface area contributed by atoms with Gasteiger partial charge in [-0.25, -0.2) is 0 Å². The summed E-state index contributed by atoms with van der Waals surface area (Å²) in [6.07, 6.45) is 0. The van der Waals surface area contributed by atoms with Gasteiger partial charge in [0.2, 0.25) is 5.78 Å². The van der Waals surface area contributed by atoms with E-state index in [1.165, 1.54) is 4.90 Å². The SMILES string of the molecule is COc1ccc(CN2C(=O)C(O)=C(C(=O)c3cc4cc(Br)ccc4o3)C2c2ccc(Cl)cc2)cc1. The highest BCUT2D eigenvalue weighted by atomic mass is 79.9. The van der Waals surface area contributed by atoms with Crippen LogP contribution in [-0.4, -0.2) is 28.8 Å². The van der Waals surface area contributed by atoms with Crippen LogP contribution in [0.4, 0.5) is 0 Å². The van der Waals surface area contributed by atoms with Gasteiger partial charge in [-0.3, -0.25) is 9.59 Å². The number of carbonyl (C=O) groups is 2. The fourth-order valence-electron chi connectivity index (χ4n) is 4.23. The van der Waals surface area contributed by atoms with Crippen LogP contribution in [-0.2, 0) is 11.3 Å². The molecule has 5 rings (SSSR count). The van der Waals surface area contributed by atoms with Crippen LogP contribution in [0, 0.1) is 0 Å². The summed E-state index contributed by atoms with van der Waals surface area (Å²) >= 11 is 9.49. The number of nitrogens with zero attached hydrogens (tertiary/aromatic N) is 1. The standard InChI is InChI=1S/C27H19BrClNO5/c1-34-20-9-2-15(3-10-20)14-30-24(16-4-7-19(29)8-5-16)23(26(32)27(30)33)25(31)22-13-17-12-18(28)6-11-21(17)35-22/h2-13,24,32H,14H2,1H3. The van der Waals surface area contributed by atoms with Crippen LogP contribution in [0.15, 0.2) is 93.0 Å². The molecule has 3 aromatic carbocycles. The van der Waals surface area contributed by atoms with E-state index in [4.69, 9.17) is 20.8 Å². The molecule has 1 amide bonds. The Morgan fingerprint density at radius 2 is 1.80 bits per heavy atom. The lowest BCUT2D eigenvalue weighted by Crippen LogP contribution is -2.30. The zero-order valence-electron chi connectivity index (χ0n) is 18.5. The average molecular weight is 553 g/mol. The minimum atomic E-state index is -0.825. The lowest BCUT2D eigenvalue weighted by Gasteiger charge is -2.27. The third-order valence-electron chi connectivity index (χ3n) is 5.95. The lowest BCUT2D eigenvalue weighted by molar-refractivity contribution is -0.130. The van der Waals surface area contributed by atoms with Gasteiger partial charge in [0.15, 0.2) is 11.5 Å². The third-order valence-corrected chi connectivity index (χ3v) is 6.69. The average Bonchev–Trinajstić information content (AvgIpc) is 3.39. The molecule has 0 radical (unpaired) electrons. The highest BCUT2D eigenvalue weighted by molar-refractivity contribution is 9.10. The fourth-order valence-corrected chi connectivity index (χ4v) is 4.73. The van der Waals surface area contributed by atoms with Crippen LogP contribution in [0.2, 0.25) is 5.02 Å². The van der Waals surface area contributed by atoms with Crippen LogP contribution in [0.25, 0.3) is 11.0 Å². The van der Waals surface area contributed by atoms with Gasteiger partial charge in [0.05, 0.1) is 18.7 Å². The molecule has 0 bridgehead atoms. The molecule has 176 valence electrons. The number of halogens is 2. The summed E-state index contributed by atoms with van der Waals surface area (Å²) in [6, 6.07) is 20.3. The first-order valence-corrected chi connectivity index (χ1v) is 11.9. The van der Waals surface area contributed by atoms with Crippen LogP contribution in [0.5, 0.6) is 5.75 Å². The number of aliphatic hydroxyl groups excluding tert-OH is 1. The van der Waals surface area contributed by atoms with Crippen LogP contribution < -0.4 is 4.74 Å². The van der Waals surface area contributed by atoms with Crippen molar-refractivity contribution in [1.29, 1.82) is 0 Å². The number of Topliss-reactive ketones (excluding diaryl/α,β-unsaturated/α-hetero) is 1. The molecule has 1 unspecified atom stereocenters. The summed E-state index contributed by atoms with van der Waals surface area (Å²) in [4.78, 5) is 28.3. The predicted molar refractivity (Wildman–Crippen MR) is 136 cm³/mol. The first-order chi connectivity index (χ1) is 16.9.